The van der Waals surface area contributed by atoms with Crippen LogP contribution in [0.5, 0.6) is 0 Å². The van der Waals surface area contributed by atoms with Gasteiger partial charge in [-0.1, -0.05) is 32.9 Å². The molecule has 1 heterocycles. The molecular weight excluding hydrogens is 278 g/mol. The van der Waals surface area contributed by atoms with Gasteiger partial charge in [0.2, 0.25) is 5.91 Å². The third kappa shape index (κ3) is 3.49. The number of hydrogen-bond acceptors (Lipinski definition) is 3. The molecule has 1 aromatic rings. The van der Waals surface area contributed by atoms with Gasteiger partial charge in [0.1, 0.15) is 0 Å². The molecule has 2 atom stereocenters. The minimum Gasteiger partial charge on any atom is -0.465 e. The molecule has 119 valence electrons. The number of esters is 1. The van der Waals surface area contributed by atoms with E-state index in [1.807, 2.05) is 43.9 Å². The molecule has 4 heteroatoms. The summed E-state index contributed by atoms with van der Waals surface area (Å²) in [5.74, 6) is 1.19. The van der Waals surface area contributed by atoms with E-state index in [0.29, 0.717) is 5.56 Å². The Balaban J connectivity index is 2.17. The average molecular weight is 302 g/mol. The molecular formula is C18H24NO3. The van der Waals surface area contributed by atoms with E-state index < -0.39 is 0 Å². The molecule has 0 saturated carbocycles. The van der Waals surface area contributed by atoms with E-state index >= 15 is 0 Å². The number of piperidine rings is 1. The lowest BCUT2D eigenvalue weighted by Crippen LogP contribution is -2.44. The van der Waals surface area contributed by atoms with Crippen LogP contribution in [0.25, 0.3) is 0 Å². The van der Waals surface area contributed by atoms with Gasteiger partial charge in [-0.25, -0.2) is 4.79 Å². The van der Waals surface area contributed by atoms with Crippen LogP contribution in [0.1, 0.15) is 49.0 Å². The maximum atomic E-state index is 12.5. The predicted octanol–water partition coefficient (Wildman–Crippen LogP) is 3.04. The van der Waals surface area contributed by atoms with Crippen molar-refractivity contribution in [3.63, 3.8) is 0 Å². The van der Waals surface area contributed by atoms with Gasteiger partial charge in [-0.15, -0.1) is 0 Å². The zero-order valence-corrected chi connectivity index (χ0v) is 13.8. The van der Waals surface area contributed by atoms with Crippen molar-refractivity contribution in [1.82, 2.24) is 4.90 Å². The lowest BCUT2D eigenvalue weighted by Gasteiger charge is -2.37. The van der Waals surface area contributed by atoms with Crippen LogP contribution in [-0.2, 0) is 9.53 Å². The fourth-order valence-electron chi connectivity index (χ4n) is 3.12. The van der Waals surface area contributed by atoms with Crippen molar-refractivity contribution >= 4 is 11.9 Å². The van der Waals surface area contributed by atoms with Crippen LogP contribution in [0.15, 0.2) is 24.3 Å². The minimum atomic E-state index is -0.338. The molecule has 0 N–H and O–H groups in total. The Labute approximate surface area is 132 Å². The first-order chi connectivity index (χ1) is 10.4. The van der Waals surface area contributed by atoms with E-state index in [0.717, 1.165) is 25.1 Å². The van der Waals surface area contributed by atoms with E-state index in [4.69, 9.17) is 4.74 Å². The summed E-state index contributed by atoms with van der Waals surface area (Å²) < 4.78 is 4.77. The maximum Gasteiger partial charge on any atom is 0.337 e. The molecule has 22 heavy (non-hydrogen) atoms. The number of amides is 1. The number of rotatable bonds is 4. The normalized spacial score (nSPS) is 22.0. The third-order valence-corrected chi connectivity index (χ3v) is 4.26. The van der Waals surface area contributed by atoms with Crippen LogP contribution in [0, 0.1) is 11.8 Å². The summed E-state index contributed by atoms with van der Waals surface area (Å²) in [5.41, 5.74) is 1.58. The first kappa shape index (κ1) is 16.5. The molecule has 1 aliphatic rings. The first-order valence-corrected chi connectivity index (χ1v) is 7.70. The fourth-order valence-corrected chi connectivity index (χ4v) is 3.12. The van der Waals surface area contributed by atoms with Gasteiger partial charge in [0.15, 0.2) is 0 Å². The number of likely N-dealkylation sites (tertiary alicyclic amines) is 1. The summed E-state index contributed by atoms with van der Waals surface area (Å²) in [6.07, 6.45) is 0.921. The number of ether oxygens (including phenoxy) is 1. The third-order valence-electron chi connectivity index (χ3n) is 4.26. The molecule has 2 unspecified atom stereocenters. The Morgan fingerprint density at radius 2 is 2.09 bits per heavy atom. The Kier molecular flexibility index (Phi) is 5.22. The van der Waals surface area contributed by atoms with Crippen molar-refractivity contribution in [3.8, 4) is 0 Å². The highest BCUT2D eigenvalue weighted by Gasteiger charge is 2.34. The SMILES string of the molecule is COC(=O)c1cccc(C2CCN(C[C](C)C)C(=O)C2C)c1. The van der Waals surface area contributed by atoms with E-state index in [2.05, 4.69) is 0 Å². The molecule has 0 spiro atoms. The molecule has 2 rings (SSSR count). The van der Waals surface area contributed by atoms with Crippen molar-refractivity contribution < 1.29 is 14.3 Å². The second-order valence-electron chi connectivity index (χ2n) is 6.27. The summed E-state index contributed by atoms with van der Waals surface area (Å²) in [6, 6.07) is 7.45. The summed E-state index contributed by atoms with van der Waals surface area (Å²) in [7, 11) is 1.38. The lowest BCUT2D eigenvalue weighted by molar-refractivity contribution is -0.138. The zero-order chi connectivity index (χ0) is 16.3. The average Bonchev–Trinajstić information content (AvgIpc) is 2.51. The van der Waals surface area contributed by atoms with Gasteiger partial charge in [0.05, 0.1) is 12.7 Å². The van der Waals surface area contributed by atoms with Crippen LogP contribution in [0.3, 0.4) is 0 Å². The smallest absolute Gasteiger partial charge is 0.337 e. The number of hydrogen-bond donors (Lipinski definition) is 0. The van der Waals surface area contributed by atoms with Gasteiger partial charge in [0, 0.05) is 19.0 Å². The van der Waals surface area contributed by atoms with Gasteiger partial charge in [-0.2, -0.15) is 0 Å². The highest BCUT2D eigenvalue weighted by atomic mass is 16.5. The van der Waals surface area contributed by atoms with Crippen molar-refractivity contribution in [2.75, 3.05) is 20.2 Å². The minimum absolute atomic E-state index is 0.0685. The largest absolute Gasteiger partial charge is 0.465 e. The van der Waals surface area contributed by atoms with Crippen LogP contribution in [0.2, 0.25) is 0 Å². The van der Waals surface area contributed by atoms with E-state index in [1.54, 1.807) is 6.07 Å². The number of carbonyl (C=O) groups excluding carboxylic acids is 2. The lowest BCUT2D eigenvalue weighted by atomic mass is 9.80. The topological polar surface area (TPSA) is 46.6 Å². The van der Waals surface area contributed by atoms with Crippen LogP contribution in [-0.4, -0.2) is 37.0 Å². The van der Waals surface area contributed by atoms with Crippen LogP contribution < -0.4 is 0 Å². The van der Waals surface area contributed by atoms with Crippen molar-refractivity contribution in [3.05, 3.63) is 41.3 Å². The van der Waals surface area contributed by atoms with Crippen molar-refractivity contribution in [2.24, 2.45) is 5.92 Å². The Morgan fingerprint density at radius 1 is 1.36 bits per heavy atom. The zero-order valence-electron chi connectivity index (χ0n) is 13.8. The van der Waals surface area contributed by atoms with Crippen molar-refractivity contribution in [1.29, 1.82) is 0 Å². The second kappa shape index (κ2) is 6.95. The Hall–Kier alpha value is -1.84. The van der Waals surface area contributed by atoms with E-state index in [9.17, 15) is 9.59 Å². The predicted molar refractivity (Wildman–Crippen MR) is 85.5 cm³/mol. The molecule has 0 bridgehead atoms. The molecule has 1 amide bonds. The quantitative estimate of drug-likeness (QED) is 0.803. The molecule has 1 fully saturated rings. The van der Waals surface area contributed by atoms with Gasteiger partial charge in [-0.3, -0.25) is 4.79 Å². The van der Waals surface area contributed by atoms with Crippen LogP contribution >= 0.6 is 0 Å². The first-order valence-electron chi connectivity index (χ1n) is 7.70. The summed E-state index contributed by atoms with van der Waals surface area (Å²) >= 11 is 0. The number of benzene rings is 1. The number of nitrogens with zero attached hydrogens (tertiary/aromatic N) is 1. The number of methoxy groups -OCH3 is 1. The summed E-state index contributed by atoms with van der Waals surface area (Å²) in [5, 5.41) is 0. The van der Waals surface area contributed by atoms with Gasteiger partial charge in [-0.05, 0) is 36.0 Å². The second-order valence-corrected chi connectivity index (χ2v) is 6.27. The van der Waals surface area contributed by atoms with E-state index in [1.165, 1.54) is 13.0 Å². The molecule has 0 aliphatic carbocycles. The maximum absolute atomic E-state index is 12.5. The fraction of sp³-hybridized carbons (Fsp3) is 0.500. The van der Waals surface area contributed by atoms with Crippen molar-refractivity contribution in [2.45, 2.75) is 33.1 Å². The van der Waals surface area contributed by atoms with Gasteiger partial charge >= 0.3 is 5.97 Å². The van der Waals surface area contributed by atoms with Gasteiger partial charge < -0.3 is 9.64 Å². The highest BCUT2D eigenvalue weighted by molar-refractivity contribution is 5.89. The highest BCUT2D eigenvalue weighted by Crippen LogP contribution is 2.34. The molecule has 1 radical (unpaired) electrons. The molecule has 4 nitrogen and oxygen atoms in total. The number of carbonyl (C=O) groups is 2. The molecule has 1 saturated heterocycles. The molecule has 0 aromatic heterocycles. The molecule has 1 aliphatic heterocycles. The summed E-state index contributed by atoms with van der Waals surface area (Å²) in [6.45, 7) is 7.57. The van der Waals surface area contributed by atoms with Gasteiger partial charge in [0.25, 0.3) is 0 Å². The molecule has 1 aromatic carbocycles. The Bertz CT molecular complexity index is 553. The monoisotopic (exact) mass is 302 g/mol. The van der Waals surface area contributed by atoms with E-state index in [-0.39, 0.29) is 23.7 Å². The summed E-state index contributed by atoms with van der Waals surface area (Å²) in [4.78, 5) is 26.1. The van der Waals surface area contributed by atoms with Crippen LogP contribution in [0.4, 0.5) is 0 Å². The standard InChI is InChI=1S/C18H24NO3/c1-12(2)11-19-9-8-16(13(3)17(19)20)14-6-5-7-15(10-14)18(21)22-4/h5-7,10,13,16H,8-9,11H2,1-4H3. The Morgan fingerprint density at radius 3 is 2.73 bits per heavy atom.